The van der Waals surface area contributed by atoms with Crippen LogP contribution in [0.5, 0.6) is 0 Å². The summed E-state index contributed by atoms with van der Waals surface area (Å²) < 4.78 is 5.17. The number of anilines is 1. The molecule has 0 aliphatic rings. The van der Waals surface area contributed by atoms with Crippen molar-refractivity contribution in [3.05, 3.63) is 82.2 Å². The van der Waals surface area contributed by atoms with Crippen molar-refractivity contribution in [2.24, 2.45) is 0 Å². The van der Waals surface area contributed by atoms with Gasteiger partial charge in [-0.25, -0.2) is 4.98 Å². The number of hydrogen-bond acceptors (Lipinski definition) is 6. The van der Waals surface area contributed by atoms with Crippen molar-refractivity contribution in [2.45, 2.75) is 5.16 Å². The second-order valence-electron chi connectivity index (χ2n) is 6.21. The van der Waals surface area contributed by atoms with Gasteiger partial charge in [-0.2, -0.15) is 0 Å². The average Bonchev–Trinajstić information content (AvgIpc) is 3.21. The minimum absolute atomic E-state index is 0.0297. The van der Waals surface area contributed by atoms with Gasteiger partial charge in [0.05, 0.1) is 23.2 Å². The first-order valence-electron chi connectivity index (χ1n) is 8.88. The highest BCUT2D eigenvalue weighted by atomic mass is 35.5. The summed E-state index contributed by atoms with van der Waals surface area (Å²) in [5.74, 6) is -0.0517. The van der Waals surface area contributed by atoms with E-state index in [2.05, 4.69) is 20.4 Å². The van der Waals surface area contributed by atoms with E-state index in [9.17, 15) is 9.59 Å². The maximum absolute atomic E-state index is 12.4. The maximum atomic E-state index is 12.4. The summed E-state index contributed by atoms with van der Waals surface area (Å²) in [6.45, 7) is 0. The predicted octanol–water partition coefficient (Wildman–Crippen LogP) is 4.48. The lowest BCUT2D eigenvalue weighted by molar-refractivity contribution is -0.113. The minimum Gasteiger partial charge on any atom is -0.338 e. The van der Waals surface area contributed by atoms with Crippen LogP contribution in [-0.2, 0) is 4.79 Å². The highest BCUT2D eigenvalue weighted by Crippen LogP contribution is 2.29. The summed E-state index contributed by atoms with van der Waals surface area (Å²) in [6.07, 6.45) is 1.52. The number of rotatable bonds is 6. The molecule has 2 aromatic carbocycles. The van der Waals surface area contributed by atoms with Gasteiger partial charge in [-0.05, 0) is 17.7 Å². The number of aromatic amines is 1. The molecule has 9 heteroatoms. The van der Waals surface area contributed by atoms with Gasteiger partial charge in [-0.15, -0.1) is 0 Å². The molecule has 0 aliphatic heterocycles. The molecule has 4 aromatic rings. The molecule has 0 atom stereocenters. The number of H-pyrrole nitrogens is 1. The van der Waals surface area contributed by atoms with Crippen molar-refractivity contribution in [1.29, 1.82) is 0 Å². The number of aromatic nitrogens is 3. The van der Waals surface area contributed by atoms with Crippen LogP contribution in [0.2, 0.25) is 5.02 Å². The zero-order valence-corrected chi connectivity index (χ0v) is 17.0. The van der Waals surface area contributed by atoms with Crippen molar-refractivity contribution >= 4 is 35.2 Å². The molecule has 2 heterocycles. The number of carbonyl (C=O) groups excluding carboxylic acids is 1. The Hall–Kier alpha value is -3.36. The summed E-state index contributed by atoms with van der Waals surface area (Å²) in [7, 11) is 0. The molecule has 4 rings (SSSR count). The van der Waals surface area contributed by atoms with E-state index < -0.39 is 0 Å². The van der Waals surface area contributed by atoms with E-state index in [0.29, 0.717) is 21.4 Å². The molecule has 0 aliphatic carbocycles. The van der Waals surface area contributed by atoms with E-state index in [1.165, 1.54) is 12.3 Å². The third-order valence-corrected chi connectivity index (χ3v) is 5.23. The topological polar surface area (TPSA) is 101 Å². The number of halogens is 1. The summed E-state index contributed by atoms with van der Waals surface area (Å²) in [5, 5.41) is 7.41. The molecule has 1 amide bonds. The summed E-state index contributed by atoms with van der Waals surface area (Å²) in [4.78, 5) is 31.4. The molecule has 0 unspecified atom stereocenters. The van der Waals surface area contributed by atoms with Crippen molar-refractivity contribution in [1.82, 2.24) is 15.1 Å². The van der Waals surface area contributed by atoms with E-state index in [-0.39, 0.29) is 23.1 Å². The largest absolute Gasteiger partial charge is 0.338 e. The monoisotopic (exact) mass is 438 g/mol. The van der Waals surface area contributed by atoms with Crippen LogP contribution < -0.4 is 10.9 Å². The lowest BCUT2D eigenvalue weighted by atomic mass is 10.1. The molecule has 2 aromatic heterocycles. The van der Waals surface area contributed by atoms with Crippen LogP contribution >= 0.6 is 23.4 Å². The average molecular weight is 439 g/mol. The Bertz CT molecular complexity index is 1220. The number of hydrogen-bond donors (Lipinski definition) is 2. The first-order valence-corrected chi connectivity index (χ1v) is 10.2. The number of amides is 1. The van der Waals surface area contributed by atoms with Gasteiger partial charge in [0.1, 0.15) is 0 Å². The fourth-order valence-corrected chi connectivity index (χ4v) is 3.52. The van der Waals surface area contributed by atoms with Crippen molar-refractivity contribution < 1.29 is 9.32 Å². The first kappa shape index (κ1) is 19.9. The summed E-state index contributed by atoms with van der Waals surface area (Å²) >= 11 is 7.03. The predicted molar refractivity (Wildman–Crippen MR) is 117 cm³/mol. The lowest BCUT2D eigenvalue weighted by Crippen LogP contribution is -2.15. The minimum atomic E-state index is -0.320. The standard InChI is InChI=1S/C21H15ClN4O3S/c22-15-8-6-13(7-9-15)16-11-23-29-20(16)25-19(28)12-30-21-24-17(10-18(27)26-21)14-4-2-1-3-5-14/h1-11H,12H2,(H,25,28)(H,24,26,27). The quantitative estimate of drug-likeness (QED) is 0.340. The first-order chi connectivity index (χ1) is 14.6. The van der Waals surface area contributed by atoms with Crippen LogP contribution in [0, 0.1) is 0 Å². The molecular formula is C21H15ClN4O3S. The molecule has 0 spiro atoms. The summed E-state index contributed by atoms with van der Waals surface area (Å²) in [5.41, 5.74) is 2.53. The SMILES string of the molecule is O=C(CSc1nc(-c2ccccc2)cc(=O)[nH]1)Nc1oncc1-c1ccc(Cl)cc1. The third-order valence-electron chi connectivity index (χ3n) is 4.11. The van der Waals surface area contributed by atoms with Crippen LogP contribution in [-0.4, -0.2) is 26.8 Å². The molecule has 0 saturated heterocycles. The van der Waals surface area contributed by atoms with E-state index in [4.69, 9.17) is 16.1 Å². The van der Waals surface area contributed by atoms with Crippen molar-refractivity contribution in [3.8, 4) is 22.4 Å². The Labute approximate surface area is 180 Å². The van der Waals surface area contributed by atoms with E-state index >= 15 is 0 Å². The van der Waals surface area contributed by atoms with E-state index in [1.54, 1.807) is 12.1 Å². The van der Waals surface area contributed by atoms with Crippen molar-refractivity contribution in [2.75, 3.05) is 11.1 Å². The number of nitrogens with zero attached hydrogens (tertiary/aromatic N) is 2. The molecular weight excluding hydrogens is 424 g/mol. The molecule has 0 saturated carbocycles. The molecule has 30 heavy (non-hydrogen) atoms. The lowest BCUT2D eigenvalue weighted by Gasteiger charge is -2.06. The zero-order chi connectivity index (χ0) is 20.9. The number of thioether (sulfide) groups is 1. The highest BCUT2D eigenvalue weighted by molar-refractivity contribution is 7.99. The Morgan fingerprint density at radius 1 is 1.10 bits per heavy atom. The number of benzene rings is 2. The fraction of sp³-hybridized carbons (Fsp3) is 0.0476. The van der Waals surface area contributed by atoms with Gasteiger partial charge >= 0.3 is 0 Å². The number of nitrogens with one attached hydrogen (secondary N) is 2. The number of carbonyl (C=O) groups is 1. The van der Waals surface area contributed by atoms with E-state index in [1.807, 2.05) is 42.5 Å². The summed E-state index contributed by atoms with van der Waals surface area (Å²) in [6, 6.07) is 17.9. The van der Waals surface area contributed by atoms with Gasteiger partial charge in [0.25, 0.3) is 5.56 Å². The van der Waals surface area contributed by atoms with E-state index in [0.717, 1.165) is 22.9 Å². The van der Waals surface area contributed by atoms with Crippen LogP contribution in [0.4, 0.5) is 5.88 Å². The Balaban J connectivity index is 1.44. The second-order valence-corrected chi connectivity index (χ2v) is 7.61. The van der Waals surface area contributed by atoms with Crippen molar-refractivity contribution in [3.63, 3.8) is 0 Å². The van der Waals surface area contributed by atoms with Crippen LogP contribution in [0.1, 0.15) is 0 Å². The third kappa shape index (κ3) is 4.79. The molecule has 0 bridgehead atoms. The molecule has 150 valence electrons. The van der Waals surface area contributed by atoms with Gasteiger partial charge in [-0.1, -0.05) is 71.0 Å². The van der Waals surface area contributed by atoms with Gasteiger partial charge in [0.2, 0.25) is 11.8 Å². The molecule has 2 N–H and O–H groups in total. The molecule has 0 fully saturated rings. The van der Waals surface area contributed by atoms with Gasteiger partial charge in [-0.3, -0.25) is 14.9 Å². The molecule has 7 nitrogen and oxygen atoms in total. The maximum Gasteiger partial charge on any atom is 0.252 e. The second kappa shape index (κ2) is 8.98. The Morgan fingerprint density at radius 2 is 1.87 bits per heavy atom. The Kier molecular flexibility index (Phi) is 5.97. The smallest absolute Gasteiger partial charge is 0.252 e. The highest BCUT2D eigenvalue weighted by Gasteiger charge is 2.14. The van der Waals surface area contributed by atoms with Gasteiger partial charge < -0.3 is 9.51 Å². The van der Waals surface area contributed by atoms with Gasteiger partial charge in [0, 0.05) is 16.7 Å². The Morgan fingerprint density at radius 3 is 2.63 bits per heavy atom. The molecule has 0 radical (unpaired) electrons. The van der Waals surface area contributed by atoms with Crippen LogP contribution in [0.3, 0.4) is 0 Å². The van der Waals surface area contributed by atoms with Crippen LogP contribution in [0.15, 0.2) is 81.3 Å². The normalized spacial score (nSPS) is 10.7. The fourth-order valence-electron chi connectivity index (χ4n) is 2.72. The zero-order valence-electron chi connectivity index (χ0n) is 15.5. The van der Waals surface area contributed by atoms with Gasteiger partial charge in [0.15, 0.2) is 5.16 Å². The van der Waals surface area contributed by atoms with Crippen LogP contribution in [0.25, 0.3) is 22.4 Å².